The highest BCUT2D eigenvalue weighted by molar-refractivity contribution is 5.69. The lowest BCUT2D eigenvalue weighted by Crippen LogP contribution is -2.29. The van der Waals surface area contributed by atoms with Crippen molar-refractivity contribution in [2.75, 3.05) is 46.4 Å². The first kappa shape index (κ1) is 44.1. The Morgan fingerprint density at radius 2 is 1.09 bits per heavy atom. The second-order valence-corrected chi connectivity index (χ2v) is 13.2. The standard InChI is InChI=1S/C39H75N3O4/c1-7-12-23-36(9-3)25-27-38(43)45-33-20-16-14-18-29-42(32-22-31-41(11-5)35-40-6)30-19-15-17-21-34-46-39(44)28-26-37(10-4)24-13-8-2/h11,35-37H,5,7-10,12-34H2,1-4,6H3. The van der Waals surface area contributed by atoms with E-state index in [2.05, 4.69) is 44.2 Å². The Kier molecular flexibility index (Phi) is 31.7. The highest BCUT2D eigenvalue weighted by Gasteiger charge is 2.12. The number of carbonyl (C=O) groups is 2. The summed E-state index contributed by atoms with van der Waals surface area (Å²) in [6.45, 7) is 18.1. The summed E-state index contributed by atoms with van der Waals surface area (Å²) in [7, 11) is 1.79. The molecule has 270 valence electrons. The van der Waals surface area contributed by atoms with E-state index in [4.69, 9.17) is 9.47 Å². The summed E-state index contributed by atoms with van der Waals surface area (Å²) in [6, 6.07) is 0. The lowest BCUT2D eigenvalue weighted by molar-refractivity contribution is -0.145. The van der Waals surface area contributed by atoms with E-state index in [1.807, 2.05) is 17.4 Å². The van der Waals surface area contributed by atoms with Gasteiger partial charge in [-0.2, -0.15) is 0 Å². The minimum Gasteiger partial charge on any atom is -0.466 e. The molecule has 0 fully saturated rings. The Hall–Kier alpha value is -1.89. The van der Waals surface area contributed by atoms with Crippen LogP contribution in [-0.4, -0.2) is 74.5 Å². The maximum Gasteiger partial charge on any atom is 0.305 e. The predicted molar refractivity (Wildman–Crippen MR) is 196 cm³/mol. The van der Waals surface area contributed by atoms with E-state index in [1.165, 1.54) is 51.4 Å². The predicted octanol–water partition coefficient (Wildman–Crippen LogP) is 9.98. The van der Waals surface area contributed by atoms with E-state index in [9.17, 15) is 9.59 Å². The maximum absolute atomic E-state index is 12.2. The van der Waals surface area contributed by atoms with Crippen LogP contribution in [0.2, 0.25) is 0 Å². The Morgan fingerprint density at radius 1 is 0.630 bits per heavy atom. The van der Waals surface area contributed by atoms with Gasteiger partial charge in [-0.15, -0.1) is 0 Å². The van der Waals surface area contributed by atoms with Crippen LogP contribution in [0.4, 0.5) is 0 Å². The molecule has 0 radical (unpaired) electrons. The minimum absolute atomic E-state index is 0.0242. The summed E-state index contributed by atoms with van der Waals surface area (Å²) < 4.78 is 11.0. The first-order valence-corrected chi connectivity index (χ1v) is 19.3. The first-order chi connectivity index (χ1) is 22.4. The molecule has 0 N–H and O–H groups in total. The van der Waals surface area contributed by atoms with E-state index >= 15 is 0 Å². The third-order valence-electron chi connectivity index (χ3n) is 9.25. The second-order valence-electron chi connectivity index (χ2n) is 13.2. The molecule has 0 aliphatic carbocycles. The maximum atomic E-state index is 12.2. The molecule has 0 aromatic heterocycles. The molecule has 0 aromatic carbocycles. The summed E-state index contributed by atoms with van der Waals surface area (Å²) in [5, 5.41) is 0. The van der Waals surface area contributed by atoms with Gasteiger partial charge < -0.3 is 19.3 Å². The lowest BCUT2D eigenvalue weighted by atomic mass is 9.94. The van der Waals surface area contributed by atoms with Crippen molar-refractivity contribution in [2.24, 2.45) is 16.8 Å². The largest absolute Gasteiger partial charge is 0.466 e. The zero-order valence-corrected chi connectivity index (χ0v) is 31.1. The van der Waals surface area contributed by atoms with Gasteiger partial charge in [0.05, 0.1) is 19.6 Å². The normalized spacial score (nSPS) is 12.8. The minimum atomic E-state index is -0.0242. The number of hydrogen-bond donors (Lipinski definition) is 0. The fourth-order valence-corrected chi connectivity index (χ4v) is 5.99. The number of ether oxygens (including phenoxy) is 2. The van der Waals surface area contributed by atoms with Crippen molar-refractivity contribution < 1.29 is 19.1 Å². The molecule has 2 atom stereocenters. The third kappa shape index (κ3) is 27.2. The molecule has 0 aliphatic rings. The average molecular weight is 650 g/mol. The van der Waals surface area contributed by atoms with Gasteiger partial charge in [0.1, 0.15) is 0 Å². The van der Waals surface area contributed by atoms with Crippen molar-refractivity contribution in [3.05, 3.63) is 12.8 Å². The number of hydrogen-bond acceptors (Lipinski definition) is 6. The number of unbranched alkanes of at least 4 members (excludes halogenated alkanes) is 8. The van der Waals surface area contributed by atoms with Crippen LogP contribution in [0.5, 0.6) is 0 Å². The molecule has 0 aliphatic heterocycles. The summed E-state index contributed by atoms with van der Waals surface area (Å²) >= 11 is 0. The van der Waals surface area contributed by atoms with E-state index in [-0.39, 0.29) is 11.9 Å². The van der Waals surface area contributed by atoms with E-state index in [0.29, 0.717) is 37.9 Å². The van der Waals surface area contributed by atoms with Gasteiger partial charge in [-0.1, -0.05) is 111 Å². The lowest BCUT2D eigenvalue weighted by Gasteiger charge is -2.23. The Morgan fingerprint density at radius 3 is 1.50 bits per heavy atom. The molecule has 0 saturated heterocycles. The van der Waals surface area contributed by atoms with Crippen molar-refractivity contribution in [2.45, 2.75) is 163 Å². The van der Waals surface area contributed by atoms with Gasteiger partial charge in [0, 0.05) is 26.4 Å². The number of rotatable bonds is 34. The fourth-order valence-electron chi connectivity index (χ4n) is 5.99. The van der Waals surface area contributed by atoms with Crippen LogP contribution >= 0.6 is 0 Å². The van der Waals surface area contributed by atoms with Gasteiger partial charge in [0.25, 0.3) is 0 Å². The quantitative estimate of drug-likeness (QED) is 0.0299. The fraction of sp³-hybridized carbons (Fsp3) is 0.872. The highest BCUT2D eigenvalue weighted by Crippen LogP contribution is 2.20. The summed E-state index contributed by atoms with van der Waals surface area (Å²) in [4.78, 5) is 33.1. The smallest absolute Gasteiger partial charge is 0.305 e. The molecule has 0 aromatic rings. The molecular weight excluding hydrogens is 574 g/mol. The van der Waals surface area contributed by atoms with Gasteiger partial charge >= 0.3 is 11.9 Å². The second kappa shape index (κ2) is 33.0. The van der Waals surface area contributed by atoms with Crippen molar-refractivity contribution in [3.8, 4) is 0 Å². The molecule has 0 saturated carbocycles. The molecule has 7 heteroatoms. The average Bonchev–Trinajstić information content (AvgIpc) is 3.06. The number of carbonyl (C=O) groups excluding carboxylic acids is 2. The van der Waals surface area contributed by atoms with Crippen LogP contribution in [0.1, 0.15) is 163 Å². The van der Waals surface area contributed by atoms with Gasteiger partial charge in [0.15, 0.2) is 0 Å². The molecule has 46 heavy (non-hydrogen) atoms. The molecule has 2 unspecified atom stereocenters. The summed E-state index contributed by atoms with van der Waals surface area (Å²) in [5.41, 5.74) is 0. The highest BCUT2D eigenvalue weighted by atomic mass is 16.5. The van der Waals surface area contributed by atoms with Gasteiger partial charge in [-0.05, 0) is 82.6 Å². The SMILES string of the molecule is C=CN(C=NC)CCCN(CCCCCCOC(=O)CCC(CC)CCCC)CCCCCCOC(=O)CCC(CC)CCCC. The molecule has 0 amide bonds. The van der Waals surface area contributed by atoms with Crippen molar-refractivity contribution in [1.29, 1.82) is 0 Å². The van der Waals surface area contributed by atoms with Crippen LogP contribution < -0.4 is 0 Å². The van der Waals surface area contributed by atoms with Gasteiger partial charge in [0.2, 0.25) is 0 Å². The van der Waals surface area contributed by atoms with Crippen molar-refractivity contribution in [3.63, 3.8) is 0 Å². The summed E-state index contributed by atoms with van der Waals surface area (Å²) in [6.07, 6.45) is 26.3. The topological polar surface area (TPSA) is 71.4 Å². The molecule has 0 spiro atoms. The van der Waals surface area contributed by atoms with Gasteiger partial charge in [-0.3, -0.25) is 14.6 Å². The van der Waals surface area contributed by atoms with Gasteiger partial charge in [-0.25, -0.2) is 0 Å². The number of esters is 2. The van der Waals surface area contributed by atoms with E-state index < -0.39 is 0 Å². The Labute approximate surface area is 285 Å². The molecule has 7 nitrogen and oxygen atoms in total. The molecule has 0 rings (SSSR count). The summed E-state index contributed by atoms with van der Waals surface area (Å²) in [5.74, 6) is 1.26. The Bertz CT molecular complexity index is 699. The van der Waals surface area contributed by atoms with Crippen LogP contribution in [-0.2, 0) is 19.1 Å². The number of aliphatic imine (C=N–C) groups is 1. The van der Waals surface area contributed by atoms with E-state index in [0.717, 1.165) is 96.8 Å². The number of nitrogens with zero attached hydrogens (tertiary/aromatic N) is 3. The molecular formula is C39H75N3O4. The monoisotopic (exact) mass is 650 g/mol. The zero-order chi connectivity index (χ0) is 34.1. The molecule has 0 heterocycles. The third-order valence-corrected chi connectivity index (χ3v) is 9.25. The first-order valence-electron chi connectivity index (χ1n) is 19.3. The van der Waals surface area contributed by atoms with E-state index in [1.54, 1.807) is 7.05 Å². The van der Waals surface area contributed by atoms with Crippen LogP contribution in [0.3, 0.4) is 0 Å². The zero-order valence-electron chi connectivity index (χ0n) is 31.1. The van der Waals surface area contributed by atoms with Crippen molar-refractivity contribution >= 4 is 18.3 Å². The molecule has 0 bridgehead atoms. The van der Waals surface area contributed by atoms with Crippen LogP contribution in [0, 0.1) is 11.8 Å². The van der Waals surface area contributed by atoms with Crippen LogP contribution in [0.25, 0.3) is 0 Å². The van der Waals surface area contributed by atoms with Crippen LogP contribution in [0.15, 0.2) is 17.8 Å². The van der Waals surface area contributed by atoms with Crippen molar-refractivity contribution in [1.82, 2.24) is 9.80 Å². The Balaban J connectivity index is 4.25.